The quantitative estimate of drug-likeness (QED) is 0.0594. The summed E-state index contributed by atoms with van der Waals surface area (Å²) in [6.45, 7) is 7.34. The summed E-state index contributed by atoms with van der Waals surface area (Å²) >= 11 is 3.86. The van der Waals surface area contributed by atoms with Crippen LogP contribution in [0.2, 0.25) is 0 Å². The van der Waals surface area contributed by atoms with E-state index in [0.29, 0.717) is 0 Å². The lowest BCUT2D eigenvalue weighted by Gasteiger charge is -2.29. The third-order valence-corrected chi connectivity index (χ3v) is 6.52. The predicted octanol–water partition coefficient (Wildman–Crippen LogP) is -4.21. The van der Waals surface area contributed by atoms with E-state index in [0.717, 1.165) is 6.92 Å². The van der Waals surface area contributed by atoms with Gasteiger partial charge in [0.15, 0.2) is 0 Å². The van der Waals surface area contributed by atoms with E-state index in [1.54, 1.807) is 27.7 Å². The van der Waals surface area contributed by atoms with E-state index in [1.165, 1.54) is 0 Å². The van der Waals surface area contributed by atoms with Crippen molar-refractivity contribution in [3.05, 3.63) is 0 Å². The second kappa shape index (κ2) is 18.6. The summed E-state index contributed by atoms with van der Waals surface area (Å²) in [6, 6.07) is -9.08. The Bertz CT molecular complexity index is 1090. The molecule has 0 aromatic carbocycles. The third-order valence-electron chi connectivity index (χ3n) is 6.12. The number of thiol groups is 1. The van der Waals surface area contributed by atoms with Gasteiger partial charge >= 0.3 is 11.9 Å². The minimum atomic E-state index is -1.88. The maximum absolute atomic E-state index is 13.1. The highest BCUT2D eigenvalue weighted by Crippen LogP contribution is 2.08. The molecule has 250 valence electrons. The van der Waals surface area contributed by atoms with Gasteiger partial charge in [0.1, 0.15) is 30.2 Å². The summed E-state index contributed by atoms with van der Waals surface area (Å²) in [6.07, 6.45) is -3.38. The number of amides is 6. The van der Waals surface area contributed by atoms with Crippen LogP contribution in [0, 0.1) is 11.8 Å². The lowest BCUT2D eigenvalue weighted by Crippen LogP contribution is -2.62. The van der Waals surface area contributed by atoms with E-state index >= 15 is 0 Å². The Morgan fingerprint density at radius 3 is 1.45 bits per heavy atom. The van der Waals surface area contributed by atoms with Crippen LogP contribution in [-0.2, 0) is 38.4 Å². The minimum Gasteiger partial charge on any atom is -0.481 e. The van der Waals surface area contributed by atoms with Crippen molar-refractivity contribution in [1.82, 2.24) is 26.6 Å². The molecule has 0 spiro atoms. The normalized spacial score (nSPS) is 15.9. The largest absolute Gasteiger partial charge is 0.481 e. The Balaban J connectivity index is 5.98. The molecule has 0 radical (unpaired) electrons. The highest BCUT2D eigenvalue weighted by molar-refractivity contribution is 7.80. The first-order valence-electron chi connectivity index (χ1n) is 13.5. The molecule has 12 N–H and O–H groups in total. The first kappa shape index (κ1) is 40.0. The summed E-state index contributed by atoms with van der Waals surface area (Å²) in [5.74, 6) is -10.4. The second-order valence-corrected chi connectivity index (χ2v) is 11.1. The number of aliphatic hydroxyl groups excluding tert-OH is 1. The molecule has 0 fully saturated rings. The first-order chi connectivity index (χ1) is 20.2. The molecule has 0 saturated carbocycles. The monoisotopic (exact) mass is 649 g/mol. The molecule has 0 aromatic heterocycles. The smallest absolute Gasteiger partial charge is 0.326 e. The Morgan fingerprint density at radius 2 is 1.05 bits per heavy atom. The summed E-state index contributed by atoms with van der Waals surface area (Å²) in [5, 5.41) is 40.0. The van der Waals surface area contributed by atoms with Crippen LogP contribution in [0.3, 0.4) is 0 Å². The number of carboxylic acid groups (broad SMARTS) is 2. The maximum atomic E-state index is 13.1. The number of primary amides is 1. The van der Waals surface area contributed by atoms with Gasteiger partial charge in [0.05, 0.1) is 25.0 Å². The molecular weight excluding hydrogens is 606 g/mol. The van der Waals surface area contributed by atoms with Gasteiger partial charge in [-0.2, -0.15) is 12.6 Å². The Morgan fingerprint density at radius 1 is 0.636 bits per heavy atom. The number of carbonyl (C=O) groups is 8. The van der Waals surface area contributed by atoms with Crippen molar-refractivity contribution in [2.24, 2.45) is 23.3 Å². The fourth-order valence-corrected chi connectivity index (χ4v) is 3.79. The lowest BCUT2D eigenvalue weighted by atomic mass is 9.99. The second-order valence-electron chi connectivity index (χ2n) is 10.7. The number of hydrogen-bond donors (Lipinski definition) is 11. The van der Waals surface area contributed by atoms with Crippen molar-refractivity contribution in [2.75, 3.05) is 5.75 Å². The lowest BCUT2D eigenvalue weighted by molar-refractivity contribution is -0.144. The minimum absolute atomic E-state index is 0.124. The molecule has 0 aliphatic heterocycles. The Kier molecular flexibility index (Phi) is 17.0. The van der Waals surface area contributed by atoms with Crippen molar-refractivity contribution in [1.29, 1.82) is 0 Å². The average Bonchev–Trinajstić information content (AvgIpc) is 2.90. The van der Waals surface area contributed by atoms with Gasteiger partial charge in [0.2, 0.25) is 35.4 Å². The topological polar surface area (TPSA) is 309 Å². The molecule has 19 heteroatoms. The number of aliphatic carboxylic acids is 2. The number of carboxylic acids is 2. The van der Waals surface area contributed by atoms with E-state index in [4.69, 9.17) is 11.5 Å². The maximum Gasteiger partial charge on any atom is 0.326 e. The molecule has 0 saturated heterocycles. The number of nitrogens with two attached hydrogens (primary N) is 2. The van der Waals surface area contributed by atoms with E-state index in [9.17, 15) is 53.7 Å². The van der Waals surface area contributed by atoms with Gasteiger partial charge in [-0.1, -0.05) is 27.7 Å². The highest BCUT2D eigenvalue weighted by Gasteiger charge is 2.36. The molecule has 0 rings (SSSR count). The number of hydrogen-bond acceptors (Lipinski definition) is 11. The molecule has 0 unspecified atom stereocenters. The summed E-state index contributed by atoms with van der Waals surface area (Å²) in [7, 11) is 0. The van der Waals surface area contributed by atoms with Gasteiger partial charge in [0, 0.05) is 5.75 Å². The SMILES string of the molecule is CC(C)[C@H](NC(=O)[C@@H](NC(=O)[C@@H](NC(=O)[C@H](CC(=O)O)NC(=O)[C@H](CC(N)=O)NC(=O)[C@@H](N)CS)[C@@H](C)O)C(C)C)C(=O)O. The van der Waals surface area contributed by atoms with E-state index in [2.05, 4.69) is 39.2 Å². The van der Waals surface area contributed by atoms with E-state index in [1.807, 2.05) is 0 Å². The van der Waals surface area contributed by atoms with Gasteiger partial charge in [-0.25, -0.2) is 4.79 Å². The molecule has 44 heavy (non-hydrogen) atoms. The zero-order valence-corrected chi connectivity index (χ0v) is 25.9. The highest BCUT2D eigenvalue weighted by atomic mass is 32.1. The fraction of sp³-hybridized carbons (Fsp3) is 0.680. The fourth-order valence-electron chi connectivity index (χ4n) is 3.62. The van der Waals surface area contributed by atoms with Crippen LogP contribution in [-0.4, -0.2) is 111 Å². The van der Waals surface area contributed by atoms with Gasteiger partial charge in [-0.3, -0.25) is 33.6 Å². The first-order valence-corrected chi connectivity index (χ1v) is 14.2. The molecule has 0 aromatic rings. The summed E-state index contributed by atoms with van der Waals surface area (Å²) < 4.78 is 0. The predicted molar refractivity (Wildman–Crippen MR) is 157 cm³/mol. The molecule has 0 heterocycles. The standard InChI is InChI=1S/C25H43N7O11S/c1-9(2)17(23(40)31-18(10(3)4)25(42)43)30-24(41)19(11(5)33)32-22(39)14(7-16(35)36)29-21(38)13(6-15(27)34)28-20(37)12(26)8-44/h9-14,17-19,33,44H,6-8,26H2,1-5H3,(H2,27,34)(H,28,37)(H,29,38)(H,30,41)(H,31,40)(H,32,39)(H,35,36)(H,42,43)/t11-,12+,13+,14+,17+,18+,19+/m1/s1. The van der Waals surface area contributed by atoms with Crippen molar-refractivity contribution >= 4 is 60.0 Å². The van der Waals surface area contributed by atoms with Crippen LogP contribution in [0.5, 0.6) is 0 Å². The Hall–Kier alpha value is -3.97. The third kappa shape index (κ3) is 13.6. The number of nitrogens with one attached hydrogen (secondary N) is 5. The van der Waals surface area contributed by atoms with Gasteiger partial charge in [0.25, 0.3) is 0 Å². The van der Waals surface area contributed by atoms with E-state index < -0.39 is 114 Å². The van der Waals surface area contributed by atoms with Crippen molar-refractivity contribution < 1.29 is 53.7 Å². The number of aliphatic hydroxyl groups is 1. The van der Waals surface area contributed by atoms with Gasteiger partial charge in [-0.05, 0) is 18.8 Å². The summed E-state index contributed by atoms with van der Waals surface area (Å²) in [5.41, 5.74) is 10.7. The van der Waals surface area contributed by atoms with E-state index in [-0.39, 0.29) is 5.75 Å². The number of rotatable bonds is 19. The zero-order chi connectivity index (χ0) is 34.5. The molecular formula is C25H43N7O11S. The molecule has 7 atom stereocenters. The van der Waals surface area contributed by atoms with Crippen LogP contribution < -0.4 is 38.1 Å². The van der Waals surface area contributed by atoms with Crippen LogP contribution in [0.1, 0.15) is 47.5 Å². The van der Waals surface area contributed by atoms with Gasteiger partial charge < -0.3 is 53.4 Å². The van der Waals surface area contributed by atoms with Crippen LogP contribution in [0.4, 0.5) is 0 Å². The van der Waals surface area contributed by atoms with Crippen LogP contribution in [0.25, 0.3) is 0 Å². The molecule has 18 nitrogen and oxygen atoms in total. The summed E-state index contributed by atoms with van der Waals surface area (Å²) in [4.78, 5) is 98.5. The van der Waals surface area contributed by atoms with Gasteiger partial charge in [-0.15, -0.1) is 0 Å². The average molecular weight is 650 g/mol. The van der Waals surface area contributed by atoms with Crippen LogP contribution >= 0.6 is 12.6 Å². The number of carbonyl (C=O) groups excluding carboxylic acids is 6. The van der Waals surface area contributed by atoms with Crippen molar-refractivity contribution in [3.63, 3.8) is 0 Å². The van der Waals surface area contributed by atoms with Crippen molar-refractivity contribution in [3.8, 4) is 0 Å². The molecule has 0 aliphatic rings. The van der Waals surface area contributed by atoms with Crippen LogP contribution in [0.15, 0.2) is 0 Å². The van der Waals surface area contributed by atoms with Crippen molar-refractivity contribution in [2.45, 2.75) is 89.8 Å². The molecule has 6 amide bonds. The zero-order valence-electron chi connectivity index (χ0n) is 25.0. The Labute approximate surface area is 259 Å². The molecule has 0 bridgehead atoms. The molecule has 0 aliphatic carbocycles.